The molecule has 0 aliphatic carbocycles. The van der Waals surface area contributed by atoms with Gasteiger partial charge in [0.15, 0.2) is 18.1 Å². The van der Waals surface area contributed by atoms with Crippen LogP contribution in [-0.2, 0) is 9.53 Å². The third-order valence-corrected chi connectivity index (χ3v) is 6.57. The van der Waals surface area contributed by atoms with Crippen molar-refractivity contribution in [2.45, 2.75) is 12.5 Å². The Morgan fingerprint density at radius 1 is 0.917 bits per heavy atom. The van der Waals surface area contributed by atoms with E-state index in [1.807, 2.05) is 40.1 Å². The number of methoxy groups -OCH3 is 2. The van der Waals surface area contributed by atoms with E-state index in [0.717, 1.165) is 26.1 Å². The van der Waals surface area contributed by atoms with Crippen LogP contribution in [0.1, 0.15) is 16.8 Å². The molecule has 1 atom stereocenters. The van der Waals surface area contributed by atoms with E-state index in [0.29, 0.717) is 55.6 Å². The van der Waals surface area contributed by atoms with Crippen LogP contribution >= 0.6 is 0 Å². The molecule has 0 N–H and O–H groups in total. The lowest BCUT2D eigenvalue weighted by atomic mass is 10.1. The second kappa shape index (κ2) is 12.6. The number of morpholine rings is 1. The Labute approximate surface area is 212 Å². The average molecular weight is 498 g/mol. The molecule has 2 amide bonds. The largest absolute Gasteiger partial charge is 0.493 e. The quantitative estimate of drug-likeness (QED) is 0.553. The number of rotatable bonds is 8. The van der Waals surface area contributed by atoms with Gasteiger partial charge < -0.3 is 28.7 Å². The van der Waals surface area contributed by atoms with Gasteiger partial charge in [0, 0.05) is 44.8 Å². The van der Waals surface area contributed by atoms with Crippen molar-refractivity contribution < 1.29 is 28.5 Å². The van der Waals surface area contributed by atoms with E-state index in [2.05, 4.69) is 4.90 Å². The van der Waals surface area contributed by atoms with Gasteiger partial charge in [-0.3, -0.25) is 14.5 Å². The molecular weight excluding hydrogens is 462 g/mol. The smallest absolute Gasteiger partial charge is 0.260 e. The normalized spacial score (nSPS) is 18.9. The maximum absolute atomic E-state index is 13.1. The fraction of sp³-hybridized carbons (Fsp3) is 0.481. The first-order valence-electron chi connectivity index (χ1n) is 12.4. The summed E-state index contributed by atoms with van der Waals surface area (Å²) in [4.78, 5) is 31.8. The van der Waals surface area contributed by atoms with Crippen LogP contribution in [0.25, 0.3) is 0 Å². The first-order chi connectivity index (χ1) is 17.6. The Hall–Kier alpha value is -3.30. The predicted octanol–water partition coefficient (Wildman–Crippen LogP) is 2.16. The maximum atomic E-state index is 13.1. The van der Waals surface area contributed by atoms with Gasteiger partial charge in [0.05, 0.1) is 26.9 Å². The topological polar surface area (TPSA) is 80.8 Å². The van der Waals surface area contributed by atoms with E-state index in [1.165, 1.54) is 0 Å². The van der Waals surface area contributed by atoms with Crippen LogP contribution in [0.4, 0.5) is 0 Å². The zero-order chi connectivity index (χ0) is 25.3. The van der Waals surface area contributed by atoms with Crippen molar-refractivity contribution in [3.63, 3.8) is 0 Å². The zero-order valence-corrected chi connectivity index (χ0v) is 21.1. The number of carbonyl (C=O) groups excluding carboxylic acids is 2. The standard InChI is InChI=1S/C27H35N3O6/c1-33-24-10-9-21(17-25(24)34-2)27(32)30-15-16-35-23(19-30)18-28-11-6-12-29(14-13-28)26(31)20-36-22-7-4-3-5-8-22/h3-5,7-10,17,23H,6,11-16,18-20H2,1-2H3/t23-/m0/s1. The fourth-order valence-corrected chi connectivity index (χ4v) is 4.61. The molecule has 2 aliphatic heterocycles. The molecule has 0 bridgehead atoms. The van der Waals surface area contributed by atoms with Crippen molar-refractivity contribution in [3.8, 4) is 17.2 Å². The number of amides is 2. The van der Waals surface area contributed by atoms with Crippen LogP contribution in [0.15, 0.2) is 48.5 Å². The number of para-hydroxylation sites is 1. The van der Waals surface area contributed by atoms with Gasteiger partial charge in [0.25, 0.3) is 11.8 Å². The van der Waals surface area contributed by atoms with Crippen LogP contribution in [-0.4, -0.2) is 106 Å². The highest BCUT2D eigenvalue weighted by atomic mass is 16.5. The van der Waals surface area contributed by atoms with Gasteiger partial charge in [-0.05, 0) is 43.3 Å². The highest BCUT2D eigenvalue weighted by Gasteiger charge is 2.28. The Kier molecular flexibility index (Phi) is 9.02. The van der Waals surface area contributed by atoms with Crippen molar-refractivity contribution in [1.29, 1.82) is 0 Å². The van der Waals surface area contributed by atoms with Gasteiger partial charge in [-0.2, -0.15) is 0 Å². The van der Waals surface area contributed by atoms with Crippen LogP contribution in [0.3, 0.4) is 0 Å². The monoisotopic (exact) mass is 497 g/mol. The number of ether oxygens (including phenoxy) is 4. The Morgan fingerprint density at radius 2 is 1.72 bits per heavy atom. The zero-order valence-electron chi connectivity index (χ0n) is 21.1. The molecule has 4 rings (SSSR count). The summed E-state index contributed by atoms with van der Waals surface area (Å²) in [6, 6.07) is 14.6. The molecule has 0 radical (unpaired) electrons. The lowest BCUT2D eigenvalue weighted by Gasteiger charge is -2.35. The Balaban J connectivity index is 1.26. The van der Waals surface area contributed by atoms with E-state index in [-0.39, 0.29) is 24.5 Å². The summed E-state index contributed by atoms with van der Waals surface area (Å²) in [6.45, 7) is 5.35. The SMILES string of the molecule is COc1ccc(C(=O)N2CCO[C@@H](CN3CCCN(C(=O)COc4ccccc4)CC3)C2)cc1OC. The van der Waals surface area contributed by atoms with Gasteiger partial charge in [-0.15, -0.1) is 0 Å². The van der Waals surface area contributed by atoms with Crippen LogP contribution in [0, 0.1) is 0 Å². The van der Waals surface area contributed by atoms with Gasteiger partial charge in [-0.25, -0.2) is 0 Å². The van der Waals surface area contributed by atoms with Crippen LogP contribution in [0.2, 0.25) is 0 Å². The van der Waals surface area contributed by atoms with Gasteiger partial charge in [0.2, 0.25) is 0 Å². The van der Waals surface area contributed by atoms with Crippen molar-refractivity contribution in [2.75, 3.05) is 73.2 Å². The summed E-state index contributed by atoms with van der Waals surface area (Å²) in [5, 5.41) is 0. The lowest BCUT2D eigenvalue weighted by molar-refractivity contribution is -0.133. The van der Waals surface area contributed by atoms with E-state index in [1.54, 1.807) is 32.4 Å². The molecular formula is C27H35N3O6. The van der Waals surface area contributed by atoms with E-state index < -0.39 is 0 Å². The molecule has 9 nitrogen and oxygen atoms in total. The van der Waals surface area contributed by atoms with Gasteiger partial charge >= 0.3 is 0 Å². The predicted molar refractivity (Wildman–Crippen MR) is 135 cm³/mol. The first kappa shape index (κ1) is 25.8. The summed E-state index contributed by atoms with van der Waals surface area (Å²) >= 11 is 0. The molecule has 2 heterocycles. The first-order valence-corrected chi connectivity index (χ1v) is 12.4. The van der Waals surface area contributed by atoms with Crippen LogP contribution < -0.4 is 14.2 Å². The molecule has 0 aromatic heterocycles. The molecule has 0 spiro atoms. The molecule has 0 saturated carbocycles. The summed E-state index contributed by atoms with van der Waals surface area (Å²) in [5.41, 5.74) is 0.565. The second-order valence-corrected chi connectivity index (χ2v) is 8.95. The molecule has 2 fully saturated rings. The molecule has 2 saturated heterocycles. The second-order valence-electron chi connectivity index (χ2n) is 8.95. The van der Waals surface area contributed by atoms with Crippen molar-refractivity contribution in [1.82, 2.24) is 14.7 Å². The minimum Gasteiger partial charge on any atom is -0.493 e. The highest BCUT2D eigenvalue weighted by molar-refractivity contribution is 5.95. The maximum Gasteiger partial charge on any atom is 0.260 e. The Morgan fingerprint density at radius 3 is 2.50 bits per heavy atom. The van der Waals surface area contributed by atoms with Gasteiger partial charge in [-0.1, -0.05) is 18.2 Å². The third-order valence-electron chi connectivity index (χ3n) is 6.57. The number of hydrogen-bond donors (Lipinski definition) is 0. The molecule has 2 aliphatic rings. The molecule has 194 valence electrons. The minimum absolute atomic E-state index is 0.00121. The van der Waals surface area contributed by atoms with Gasteiger partial charge in [0.1, 0.15) is 5.75 Å². The number of hydrogen-bond acceptors (Lipinski definition) is 7. The molecule has 2 aromatic carbocycles. The summed E-state index contributed by atoms with van der Waals surface area (Å²) in [6.07, 6.45) is 0.810. The van der Waals surface area contributed by atoms with Crippen molar-refractivity contribution >= 4 is 11.8 Å². The molecule has 9 heteroatoms. The lowest BCUT2D eigenvalue weighted by Crippen LogP contribution is -2.50. The molecule has 0 unspecified atom stereocenters. The average Bonchev–Trinajstić information content (AvgIpc) is 3.17. The third kappa shape index (κ3) is 6.67. The molecule has 36 heavy (non-hydrogen) atoms. The van der Waals surface area contributed by atoms with Crippen molar-refractivity contribution in [2.24, 2.45) is 0 Å². The van der Waals surface area contributed by atoms with Crippen molar-refractivity contribution in [3.05, 3.63) is 54.1 Å². The summed E-state index contributed by atoms with van der Waals surface area (Å²) in [7, 11) is 3.13. The highest BCUT2D eigenvalue weighted by Crippen LogP contribution is 2.28. The minimum atomic E-state index is -0.0773. The summed E-state index contributed by atoms with van der Waals surface area (Å²) < 4.78 is 22.3. The fourth-order valence-electron chi connectivity index (χ4n) is 4.61. The Bertz CT molecular complexity index is 1020. The number of nitrogens with zero attached hydrogens (tertiary/aromatic N) is 3. The van der Waals surface area contributed by atoms with E-state index in [9.17, 15) is 9.59 Å². The number of carbonyl (C=O) groups is 2. The van der Waals surface area contributed by atoms with E-state index >= 15 is 0 Å². The summed E-state index contributed by atoms with van der Waals surface area (Å²) in [5.74, 6) is 1.78. The molecule has 2 aromatic rings. The number of benzene rings is 2. The van der Waals surface area contributed by atoms with E-state index in [4.69, 9.17) is 18.9 Å². The van der Waals surface area contributed by atoms with Crippen LogP contribution in [0.5, 0.6) is 17.2 Å².